The second kappa shape index (κ2) is 11.0. The molecule has 2 aromatic rings. The number of ether oxygens (including phenoxy) is 3. The molecule has 0 radical (unpaired) electrons. The van der Waals surface area contributed by atoms with E-state index >= 15 is 0 Å². The van der Waals surface area contributed by atoms with Crippen LogP contribution < -0.4 is 14.8 Å². The maximum Gasteiger partial charge on any atom is 0.312 e. The van der Waals surface area contributed by atoms with Gasteiger partial charge in [-0.3, -0.25) is 9.59 Å². The molecule has 0 aromatic heterocycles. The molecule has 6 nitrogen and oxygen atoms in total. The van der Waals surface area contributed by atoms with E-state index in [0.717, 1.165) is 30.6 Å². The maximum atomic E-state index is 13.5. The number of carbonyl (C=O) groups excluding carboxylic acids is 2. The van der Waals surface area contributed by atoms with E-state index in [1.165, 1.54) is 30.4 Å². The summed E-state index contributed by atoms with van der Waals surface area (Å²) in [4.78, 5) is 26.0. The van der Waals surface area contributed by atoms with Crippen molar-refractivity contribution < 1.29 is 23.8 Å². The highest BCUT2D eigenvalue weighted by atomic mass is 16.5. The predicted octanol–water partition coefficient (Wildman–Crippen LogP) is 5.53. The molecule has 204 valence electrons. The molecule has 6 rings (SSSR count). The summed E-state index contributed by atoms with van der Waals surface area (Å²) in [6.45, 7) is 7.36. The molecule has 1 amide bonds. The number of esters is 1. The summed E-state index contributed by atoms with van der Waals surface area (Å²) >= 11 is 0. The Labute approximate surface area is 226 Å². The molecule has 38 heavy (non-hydrogen) atoms. The standard InChI is InChI=1S/C32H41NO5/c1-4-36-27-11-8-23(15-28(27)37-5-2)12-13-33-29(34)20-38-30(35)32-18-24-14-25(19-32)17-31(16-24,21-32)26-9-6-22(3)7-10-26/h6-11,15,24-25H,4-5,12-14,16-21H2,1-3H3,(H,33,34). The number of hydrogen-bond acceptors (Lipinski definition) is 5. The summed E-state index contributed by atoms with van der Waals surface area (Å²) in [5.74, 6) is 2.14. The first-order valence-corrected chi connectivity index (χ1v) is 14.2. The van der Waals surface area contributed by atoms with Crippen LogP contribution in [0.5, 0.6) is 11.5 Å². The van der Waals surface area contributed by atoms with Gasteiger partial charge < -0.3 is 19.5 Å². The monoisotopic (exact) mass is 519 g/mol. The number of aryl methyl sites for hydroxylation is 1. The van der Waals surface area contributed by atoms with Crippen LogP contribution in [0.3, 0.4) is 0 Å². The largest absolute Gasteiger partial charge is 0.490 e. The topological polar surface area (TPSA) is 73.9 Å². The van der Waals surface area contributed by atoms with Gasteiger partial charge in [0.2, 0.25) is 0 Å². The average molecular weight is 520 g/mol. The third-order valence-electron chi connectivity index (χ3n) is 8.84. The highest BCUT2D eigenvalue weighted by molar-refractivity contribution is 5.83. The lowest BCUT2D eigenvalue weighted by molar-refractivity contribution is -0.175. The Kier molecular flexibility index (Phi) is 7.69. The molecule has 2 unspecified atom stereocenters. The van der Waals surface area contributed by atoms with Crippen molar-refractivity contribution in [2.24, 2.45) is 17.3 Å². The maximum absolute atomic E-state index is 13.5. The van der Waals surface area contributed by atoms with Crippen molar-refractivity contribution in [3.8, 4) is 11.5 Å². The first-order chi connectivity index (χ1) is 18.3. The fourth-order valence-electron chi connectivity index (χ4n) is 7.68. The van der Waals surface area contributed by atoms with Gasteiger partial charge in [0.05, 0.1) is 18.6 Å². The number of nitrogens with one attached hydrogen (secondary N) is 1. The third-order valence-corrected chi connectivity index (χ3v) is 8.84. The zero-order chi connectivity index (χ0) is 26.8. The number of amides is 1. The Balaban J connectivity index is 1.15. The van der Waals surface area contributed by atoms with Gasteiger partial charge in [-0.15, -0.1) is 0 Å². The van der Waals surface area contributed by atoms with Gasteiger partial charge in [0.1, 0.15) is 0 Å². The van der Waals surface area contributed by atoms with E-state index in [1.54, 1.807) is 0 Å². The van der Waals surface area contributed by atoms with Crippen LogP contribution >= 0.6 is 0 Å². The SMILES string of the molecule is CCOc1ccc(CCNC(=O)COC(=O)C23CC4CC(C2)CC(c2ccc(C)cc2)(C4)C3)cc1OCC. The molecule has 4 aliphatic rings. The molecule has 0 saturated heterocycles. The summed E-state index contributed by atoms with van der Waals surface area (Å²) in [7, 11) is 0. The summed E-state index contributed by atoms with van der Waals surface area (Å²) in [5.41, 5.74) is 3.29. The van der Waals surface area contributed by atoms with Crippen molar-refractivity contribution in [2.45, 2.75) is 71.1 Å². The molecule has 2 aromatic carbocycles. The minimum Gasteiger partial charge on any atom is -0.490 e. The summed E-state index contributed by atoms with van der Waals surface area (Å²) in [5, 5.41) is 2.90. The van der Waals surface area contributed by atoms with Crippen LogP contribution in [0, 0.1) is 24.2 Å². The van der Waals surface area contributed by atoms with Crippen LogP contribution in [0.2, 0.25) is 0 Å². The van der Waals surface area contributed by atoms with Crippen molar-refractivity contribution >= 4 is 11.9 Å². The van der Waals surface area contributed by atoms with Crippen molar-refractivity contribution in [2.75, 3.05) is 26.4 Å². The fourth-order valence-corrected chi connectivity index (χ4v) is 7.68. The zero-order valence-corrected chi connectivity index (χ0v) is 23.0. The molecule has 1 N–H and O–H groups in total. The first kappa shape index (κ1) is 26.6. The van der Waals surface area contributed by atoms with E-state index in [4.69, 9.17) is 14.2 Å². The van der Waals surface area contributed by atoms with Gasteiger partial charge in [-0.1, -0.05) is 35.9 Å². The second-order valence-electron chi connectivity index (χ2n) is 11.7. The molecule has 4 fully saturated rings. The molecule has 4 aliphatic carbocycles. The van der Waals surface area contributed by atoms with E-state index in [9.17, 15) is 9.59 Å². The second-order valence-corrected chi connectivity index (χ2v) is 11.7. The molecule has 0 heterocycles. The van der Waals surface area contributed by atoms with Gasteiger partial charge in [-0.25, -0.2) is 0 Å². The van der Waals surface area contributed by atoms with Gasteiger partial charge in [0.25, 0.3) is 5.91 Å². The number of hydrogen-bond donors (Lipinski definition) is 1. The Bertz CT molecular complexity index is 1140. The van der Waals surface area contributed by atoms with Crippen molar-refractivity contribution in [3.63, 3.8) is 0 Å². The third kappa shape index (κ3) is 5.41. The van der Waals surface area contributed by atoms with Crippen LogP contribution in [-0.4, -0.2) is 38.2 Å². The summed E-state index contributed by atoms with van der Waals surface area (Å²) in [6, 6.07) is 14.7. The lowest BCUT2D eigenvalue weighted by atomic mass is 9.43. The zero-order valence-electron chi connectivity index (χ0n) is 23.0. The van der Waals surface area contributed by atoms with E-state index in [2.05, 4.69) is 36.5 Å². The lowest BCUT2D eigenvalue weighted by Crippen LogP contribution is -2.57. The molecular formula is C32H41NO5. The van der Waals surface area contributed by atoms with Crippen molar-refractivity contribution in [3.05, 3.63) is 59.2 Å². The normalized spacial score (nSPS) is 27.1. The summed E-state index contributed by atoms with van der Waals surface area (Å²) < 4.78 is 17.0. The van der Waals surface area contributed by atoms with Gasteiger partial charge in [-0.05, 0) is 106 Å². The smallest absolute Gasteiger partial charge is 0.312 e. The van der Waals surface area contributed by atoms with Crippen molar-refractivity contribution in [1.82, 2.24) is 5.32 Å². The van der Waals surface area contributed by atoms with E-state index < -0.39 is 5.41 Å². The molecule has 4 bridgehead atoms. The minimum atomic E-state index is -0.451. The molecule has 0 aliphatic heterocycles. The predicted molar refractivity (Wildman–Crippen MR) is 146 cm³/mol. The van der Waals surface area contributed by atoms with Gasteiger partial charge in [0, 0.05) is 6.54 Å². The number of rotatable bonds is 11. The first-order valence-electron chi connectivity index (χ1n) is 14.2. The van der Waals surface area contributed by atoms with Gasteiger partial charge in [-0.2, -0.15) is 0 Å². The lowest BCUT2D eigenvalue weighted by Gasteiger charge is -2.61. The highest BCUT2D eigenvalue weighted by Crippen LogP contribution is 2.66. The summed E-state index contributed by atoms with van der Waals surface area (Å²) in [6.07, 6.45) is 6.85. The van der Waals surface area contributed by atoms with Crippen LogP contribution in [0.4, 0.5) is 0 Å². The number of carbonyl (C=O) groups is 2. The van der Waals surface area contributed by atoms with Gasteiger partial charge >= 0.3 is 5.97 Å². The van der Waals surface area contributed by atoms with Crippen LogP contribution in [-0.2, 0) is 26.2 Å². The molecule has 2 atom stereocenters. The average Bonchev–Trinajstić information content (AvgIpc) is 2.88. The van der Waals surface area contributed by atoms with Crippen molar-refractivity contribution in [1.29, 1.82) is 0 Å². The Morgan fingerprint density at radius 2 is 1.61 bits per heavy atom. The molecule has 0 spiro atoms. The van der Waals surface area contributed by atoms with Crippen LogP contribution in [0.1, 0.15) is 69.1 Å². The quantitative estimate of drug-likeness (QED) is 0.395. The molecular weight excluding hydrogens is 478 g/mol. The van der Waals surface area contributed by atoms with Gasteiger partial charge in [0.15, 0.2) is 18.1 Å². The Morgan fingerprint density at radius 3 is 2.29 bits per heavy atom. The number of benzene rings is 2. The molecule has 4 saturated carbocycles. The Morgan fingerprint density at radius 1 is 0.921 bits per heavy atom. The highest BCUT2D eigenvalue weighted by Gasteiger charge is 2.61. The fraction of sp³-hybridized carbons (Fsp3) is 0.562. The van der Waals surface area contributed by atoms with Crippen LogP contribution in [0.15, 0.2) is 42.5 Å². The minimum absolute atomic E-state index is 0.0666. The Hall–Kier alpha value is -3.02. The molecule has 6 heteroatoms. The van der Waals surface area contributed by atoms with E-state index in [-0.39, 0.29) is 23.9 Å². The van der Waals surface area contributed by atoms with E-state index in [1.807, 2.05) is 32.0 Å². The van der Waals surface area contributed by atoms with Crippen LogP contribution in [0.25, 0.3) is 0 Å². The van der Waals surface area contributed by atoms with E-state index in [0.29, 0.717) is 43.8 Å².